The van der Waals surface area contributed by atoms with Crippen LogP contribution in [0.3, 0.4) is 0 Å². The number of nitrogens with one attached hydrogen (secondary N) is 2. The van der Waals surface area contributed by atoms with Crippen molar-refractivity contribution in [2.75, 3.05) is 10.6 Å². The molecule has 0 saturated heterocycles. The average Bonchev–Trinajstić information content (AvgIpc) is 2.27. The molecule has 4 nitrogen and oxygen atoms in total. The van der Waals surface area contributed by atoms with Crippen molar-refractivity contribution in [3.05, 3.63) is 42.3 Å². The van der Waals surface area contributed by atoms with Crippen LogP contribution in [0.5, 0.6) is 0 Å². The van der Waals surface area contributed by atoms with Gasteiger partial charge in [-0.2, -0.15) is 4.98 Å². The maximum Gasteiger partial charge on any atom is 0.229 e. The van der Waals surface area contributed by atoms with Gasteiger partial charge < -0.3 is 10.6 Å². The van der Waals surface area contributed by atoms with Crippen molar-refractivity contribution in [2.24, 2.45) is 0 Å². The number of aromatic nitrogens is 2. The standard InChI is InChI=1S/C14H17FN4/c1-14(2,3)19-12-7-8-16-13(18-12)17-11-6-4-5-10(15)9-11/h4-9H,1-3H3,(H2,16,17,18,19). The zero-order chi connectivity index (χ0) is 13.9. The van der Waals surface area contributed by atoms with Crippen LogP contribution in [0.4, 0.5) is 21.8 Å². The molecule has 1 heterocycles. The van der Waals surface area contributed by atoms with Crippen LogP contribution in [0.2, 0.25) is 0 Å². The van der Waals surface area contributed by atoms with Gasteiger partial charge in [0, 0.05) is 17.4 Å². The molecule has 0 spiro atoms. The Morgan fingerprint density at radius 3 is 2.63 bits per heavy atom. The van der Waals surface area contributed by atoms with Gasteiger partial charge in [-0.3, -0.25) is 0 Å². The minimum absolute atomic E-state index is 0.0789. The second-order valence-electron chi connectivity index (χ2n) is 5.28. The van der Waals surface area contributed by atoms with Gasteiger partial charge in [0.05, 0.1) is 0 Å². The van der Waals surface area contributed by atoms with Crippen LogP contribution in [0, 0.1) is 5.82 Å². The molecule has 100 valence electrons. The highest BCUT2D eigenvalue weighted by Gasteiger charge is 2.10. The number of hydrogen-bond donors (Lipinski definition) is 2. The van der Waals surface area contributed by atoms with Crippen molar-refractivity contribution < 1.29 is 4.39 Å². The monoisotopic (exact) mass is 260 g/mol. The Balaban J connectivity index is 2.15. The van der Waals surface area contributed by atoms with Crippen molar-refractivity contribution in [3.8, 4) is 0 Å². The molecular formula is C14H17FN4. The Hall–Kier alpha value is -2.17. The summed E-state index contributed by atoms with van der Waals surface area (Å²) >= 11 is 0. The number of anilines is 3. The Kier molecular flexibility index (Phi) is 3.64. The molecule has 1 aromatic carbocycles. The summed E-state index contributed by atoms with van der Waals surface area (Å²) in [4.78, 5) is 8.44. The van der Waals surface area contributed by atoms with Gasteiger partial charge in [0.15, 0.2) is 0 Å². The lowest BCUT2D eigenvalue weighted by Gasteiger charge is -2.21. The highest BCUT2D eigenvalue weighted by molar-refractivity contribution is 5.54. The first-order valence-corrected chi connectivity index (χ1v) is 6.06. The zero-order valence-electron chi connectivity index (χ0n) is 11.2. The molecule has 0 bridgehead atoms. The van der Waals surface area contributed by atoms with Crippen LogP contribution in [0.1, 0.15) is 20.8 Å². The number of rotatable bonds is 3. The van der Waals surface area contributed by atoms with Crippen LogP contribution >= 0.6 is 0 Å². The Morgan fingerprint density at radius 1 is 1.16 bits per heavy atom. The summed E-state index contributed by atoms with van der Waals surface area (Å²) in [6, 6.07) is 7.98. The number of nitrogens with zero attached hydrogens (tertiary/aromatic N) is 2. The largest absolute Gasteiger partial charge is 0.365 e. The van der Waals surface area contributed by atoms with E-state index in [1.165, 1.54) is 12.1 Å². The van der Waals surface area contributed by atoms with E-state index in [1.54, 1.807) is 24.4 Å². The maximum atomic E-state index is 13.1. The molecule has 0 unspecified atom stereocenters. The van der Waals surface area contributed by atoms with Crippen LogP contribution in [-0.2, 0) is 0 Å². The van der Waals surface area contributed by atoms with Gasteiger partial charge >= 0.3 is 0 Å². The van der Waals surface area contributed by atoms with Crippen molar-refractivity contribution >= 4 is 17.5 Å². The van der Waals surface area contributed by atoms with E-state index in [2.05, 4.69) is 41.4 Å². The van der Waals surface area contributed by atoms with E-state index in [-0.39, 0.29) is 11.4 Å². The van der Waals surface area contributed by atoms with Crippen LogP contribution in [0.15, 0.2) is 36.5 Å². The third kappa shape index (κ3) is 4.21. The Morgan fingerprint density at radius 2 is 1.95 bits per heavy atom. The lowest BCUT2D eigenvalue weighted by Crippen LogP contribution is -2.26. The van der Waals surface area contributed by atoms with Crippen molar-refractivity contribution in [3.63, 3.8) is 0 Å². The molecule has 2 rings (SSSR count). The van der Waals surface area contributed by atoms with Crippen LogP contribution in [-0.4, -0.2) is 15.5 Å². The summed E-state index contributed by atoms with van der Waals surface area (Å²) < 4.78 is 13.1. The quantitative estimate of drug-likeness (QED) is 0.885. The molecule has 19 heavy (non-hydrogen) atoms. The number of hydrogen-bond acceptors (Lipinski definition) is 4. The van der Waals surface area contributed by atoms with E-state index < -0.39 is 0 Å². The van der Waals surface area contributed by atoms with Gasteiger partial charge in [0.1, 0.15) is 11.6 Å². The molecule has 0 radical (unpaired) electrons. The topological polar surface area (TPSA) is 49.8 Å². The number of benzene rings is 1. The first-order valence-electron chi connectivity index (χ1n) is 6.06. The third-order valence-corrected chi connectivity index (χ3v) is 2.24. The molecule has 1 aromatic heterocycles. The van der Waals surface area contributed by atoms with E-state index in [1.807, 2.05) is 0 Å². The van der Waals surface area contributed by atoms with Gasteiger partial charge in [-0.15, -0.1) is 0 Å². The molecule has 5 heteroatoms. The lowest BCUT2D eigenvalue weighted by molar-refractivity contribution is 0.628. The molecule has 0 aliphatic rings. The second-order valence-corrected chi connectivity index (χ2v) is 5.28. The summed E-state index contributed by atoms with van der Waals surface area (Å²) in [5.41, 5.74) is 0.540. The Bertz CT molecular complexity index is 563. The van der Waals surface area contributed by atoms with Crippen LogP contribution < -0.4 is 10.6 Å². The first-order chi connectivity index (χ1) is 8.92. The fourth-order valence-electron chi connectivity index (χ4n) is 1.57. The summed E-state index contributed by atoms with van der Waals surface area (Å²) in [5, 5.41) is 6.22. The minimum atomic E-state index is -0.297. The Labute approximate surface area is 112 Å². The normalized spacial score (nSPS) is 11.2. The average molecular weight is 260 g/mol. The van der Waals surface area contributed by atoms with E-state index in [9.17, 15) is 4.39 Å². The molecule has 0 atom stereocenters. The van der Waals surface area contributed by atoms with Gasteiger partial charge in [-0.05, 0) is 45.0 Å². The maximum absolute atomic E-state index is 13.1. The zero-order valence-corrected chi connectivity index (χ0v) is 11.2. The summed E-state index contributed by atoms with van der Waals surface area (Å²) in [7, 11) is 0. The SMILES string of the molecule is CC(C)(C)Nc1ccnc(Nc2cccc(F)c2)n1. The molecule has 0 fully saturated rings. The van der Waals surface area contributed by atoms with Crippen molar-refractivity contribution in [2.45, 2.75) is 26.3 Å². The molecule has 0 aliphatic heterocycles. The van der Waals surface area contributed by atoms with E-state index in [0.29, 0.717) is 11.6 Å². The first kappa shape index (κ1) is 13.3. The molecule has 0 saturated carbocycles. The van der Waals surface area contributed by atoms with E-state index >= 15 is 0 Å². The predicted octanol–water partition coefficient (Wildman–Crippen LogP) is 3.57. The minimum Gasteiger partial charge on any atom is -0.365 e. The summed E-state index contributed by atoms with van der Waals surface area (Å²) in [6.07, 6.45) is 1.66. The van der Waals surface area contributed by atoms with E-state index in [0.717, 1.165) is 5.82 Å². The van der Waals surface area contributed by atoms with Gasteiger partial charge in [0.2, 0.25) is 5.95 Å². The fourth-order valence-corrected chi connectivity index (χ4v) is 1.57. The van der Waals surface area contributed by atoms with Gasteiger partial charge in [0.25, 0.3) is 0 Å². The molecular weight excluding hydrogens is 243 g/mol. The van der Waals surface area contributed by atoms with E-state index in [4.69, 9.17) is 0 Å². The van der Waals surface area contributed by atoms with Crippen molar-refractivity contribution in [1.82, 2.24) is 9.97 Å². The third-order valence-electron chi connectivity index (χ3n) is 2.24. The second kappa shape index (κ2) is 5.22. The molecule has 0 aliphatic carbocycles. The smallest absolute Gasteiger partial charge is 0.229 e. The summed E-state index contributed by atoms with van der Waals surface area (Å²) in [5.74, 6) is 0.857. The van der Waals surface area contributed by atoms with Gasteiger partial charge in [-0.1, -0.05) is 6.07 Å². The highest BCUT2D eigenvalue weighted by atomic mass is 19.1. The van der Waals surface area contributed by atoms with Gasteiger partial charge in [-0.25, -0.2) is 9.37 Å². The molecule has 2 aromatic rings. The predicted molar refractivity (Wildman–Crippen MR) is 75.1 cm³/mol. The number of halogens is 1. The molecule has 2 N–H and O–H groups in total. The highest BCUT2D eigenvalue weighted by Crippen LogP contribution is 2.17. The lowest BCUT2D eigenvalue weighted by atomic mass is 10.1. The fraction of sp³-hybridized carbons (Fsp3) is 0.286. The van der Waals surface area contributed by atoms with Crippen molar-refractivity contribution in [1.29, 1.82) is 0 Å². The van der Waals surface area contributed by atoms with Crippen LogP contribution in [0.25, 0.3) is 0 Å². The summed E-state index contributed by atoms with van der Waals surface area (Å²) in [6.45, 7) is 6.15. The molecule has 0 amide bonds.